The van der Waals surface area contributed by atoms with Crippen molar-refractivity contribution in [3.05, 3.63) is 59.7 Å². The molecule has 1 aliphatic rings. The summed E-state index contributed by atoms with van der Waals surface area (Å²) in [5.41, 5.74) is 0.804. The smallest absolute Gasteiger partial charge is 0.335 e. The number of rotatable bonds is 6. The van der Waals surface area contributed by atoms with Crippen LogP contribution >= 0.6 is 0 Å². The van der Waals surface area contributed by atoms with Gasteiger partial charge in [-0.15, -0.1) is 0 Å². The third-order valence-corrected chi connectivity index (χ3v) is 4.08. The topological polar surface area (TPSA) is 84.9 Å². The average Bonchev–Trinajstić information content (AvgIpc) is 2.70. The zero-order valence-electron chi connectivity index (χ0n) is 15.6. The van der Waals surface area contributed by atoms with Crippen LogP contribution in [0.25, 0.3) is 6.08 Å². The van der Waals surface area contributed by atoms with Gasteiger partial charge in [-0.25, -0.2) is 9.69 Å². The highest BCUT2D eigenvalue weighted by atomic mass is 16.5. The van der Waals surface area contributed by atoms with Crippen LogP contribution in [0.1, 0.15) is 18.9 Å². The third kappa shape index (κ3) is 3.88. The minimum absolute atomic E-state index is 0.146. The lowest BCUT2D eigenvalue weighted by Crippen LogP contribution is -2.54. The van der Waals surface area contributed by atoms with E-state index in [1.807, 2.05) is 6.92 Å². The van der Waals surface area contributed by atoms with Crippen molar-refractivity contribution in [1.29, 1.82) is 0 Å². The number of hydrogen-bond donors (Lipinski definition) is 1. The standard InChI is InChI=1S/C21H20N2O5/c1-3-11-28-17-10-9-14(13-18(17)27-2)12-16-19(24)22-21(26)23(20(16)25)15-7-5-4-6-8-15/h4-10,12-13H,3,11H2,1-2H3,(H,22,24,26)/b16-12+. The molecule has 0 spiro atoms. The summed E-state index contributed by atoms with van der Waals surface area (Å²) in [6.07, 6.45) is 2.28. The molecule has 2 aromatic carbocycles. The molecule has 0 aromatic heterocycles. The van der Waals surface area contributed by atoms with Crippen molar-refractivity contribution in [3.63, 3.8) is 0 Å². The van der Waals surface area contributed by atoms with Crippen LogP contribution in [0.3, 0.4) is 0 Å². The van der Waals surface area contributed by atoms with E-state index in [9.17, 15) is 14.4 Å². The SMILES string of the molecule is CCCOc1ccc(/C=C2\C(=O)NC(=O)N(c3ccccc3)C2=O)cc1OC. The summed E-state index contributed by atoms with van der Waals surface area (Å²) in [4.78, 5) is 38.2. The van der Waals surface area contributed by atoms with Gasteiger partial charge in [0.05, 0.1) is 19.4 Å². The summed E-state index contributed by atoms with van der Waals surface area (Å²) < 4.78 is 10.9. The number of carbonyl (C=O) groups excluding carboxylic acids is 3. The highest BCUT2D eigenvalue weighted by Crippen LogP contribution is 2.30. The number of nitrogens with one attached hydrogen (secondary N) is 1. The van der Waals surface area contributed by atoms with Crippen molar-refractivity contribution >= 4 is 29.6 Å². The molecule has 0 radical (unpaired) electrons. The van der Waals surface area contributed by atoms with Crippen LogP contribution in [0.15, 0.2) is 54.1 Å². The number of barbiturate groups is 1. The van der Waals surface area contributed by atoms with Crippen molar-refractivity contribution < 1.29 is 23.9 Å². The van der Waals surface area contributed by atoms with Crippen LogP contribution in [0, 0.1) is 0 Å². The van der Waals surface area contributed by atoms with Crippen LogP contribution in [0.5, 0.6) is 11.5 Å². The van der Waals surface area contributed by atoms with E-state index in [1.165, 1.54) is 13.2 Å². The van der Waals surface area contributed by atoms with Gasteiger partial charge in [-0.2, -0.15) is 0 Å². The minimum atomic E-state index is -0.778. The van der Waals surface area contributed by atoms with Gasteiger partial charge < -0.3 is 9.47 Å². The number of nitrogens with zero attached hydrogens (tertiary/aromatic N) is 1. The Labute approximate surface area is 162 Å². The first kappa shape index (κ1) is 19.2. The lowest BCUT2D eigenvalue weighted by Gasteiger charge is -2.26. The molecule has 1 fully saturated rings. The summed E-state index contributed by atoms with van der Waals surface area (Å²) in [7, 11) is 1.51. The van der Waals surface area contributed by atoms with Gasteiger partial charge in [0.15, 0.2) is 11.5 Å². The molecule has 28 heavy (non-hydrogen) atoms. The summed E-state index contributed by atoms with van der Waals surface area (Å²) in [5.74, 6) is -0.368. The second kappa shape index (κ2) is 8.39. The predicted molar refractivity (Wildman–Crippen MR) is 104 cm³/mol. The first-order valence-electron chi connectivity index (χ1n) is 8.82. The molecule has 7 nitrogen and oxygen atoms in total. The average molecular weight is 380 g/mol. The molecule has 1 N–H and O–H groups in total. The molecule has 1 saturated heterocycles. The minimum Gasteiger partial charge on any atom is -0.493 e. The summed E-state index contributed by atoms with van der Waals surface area (Å²) >= 11 is 0. The highest BCUT2D eigenvalue weighted by molar-refractivity contribution is 6.39. The first-order chi connectivity index (χ1) is 13.5. The van der Waals surface area contributed by atoms with E-state index in [0.717, 1.165) is 11.3 Å². The molecule has 0 unspecified atom stereocenters. The van der Waals surface area contributed by atoms with E-state index in [1.54, 1.807) is 48.5 Å². The van der Waals surface area contributed by atoms with Crippen molar-refractivity contribution in [2.24, 2.45) is 0 Å². The van der Waals surface area contributed by atoms with Crippen LogP contribution in [0.2, 0.25) is 0 Å². The zero-order chi connectivity index (χ0) is 20.1. The van der Waals surface area contributed by atoms with Crippen LogP contribution in [-0.4, -0.2) is 31.6 Å². The van der Waals surface area contributed by atoms with E-state index in [-0.39, 0.29) is 5.57 Å². The van der Waals surface area contributed by atoms with Gasteiger partial charge in [-0.05, 0) is 42.3 Å². The molecule has 3 rings (SSSR count). The number of benzene rings is 2. The van der Waals surface area contributed by atoms with E-state index in [0.29, 0.717) is 29.4 Å². The fraction of sp³-hybridized carbons (Fsp3) is 0.190. The monoisotopic (exact) mass is 380 g/mol. The van der Waals surface area contributed by atoms with E-state index >= 15 is 0 Å². The molecule has 0 aliphatic carbocycles. The van der Waals surface area contributed by atoms with Gasteiger partial charge >= 0.3 is 6.03 Å². The number of amides is 4. The lowest BCUT2D eigenvalue weighted by atomic mass is 10.1. The van der Waals surface area contributed by atoms with E-state index in [2.05, 4.69) is 5.32 Å². The molecule has 0 bridgehead atoms. The summed E-state index contributed by atoms with van der Waals surface area (Å²) in [5, 5.41) is 2.20. The molecule has 0 saturated carbocycles. The number of para-hydroxylation sites is 1. The lowest BCUT2D eigenvalue weighted by molar-refractivity contribution is -0.122. The maximum absolute atomic E-state index is 12.8. The van der Waals surface area contributed by atoms with E-state index in [4.69, 9.17) is 9.47 Å². The molecule has 4 amide bonds. The summed E-state index contributed by atoms with van der Waals surface area (Å²) in [6.45, 7) is 2.55. The Kier molecular flexibility index (Phi) is 5.74. The van der Waals surface area contributed by atoms with Gasteiger partial charge in [-0.1, -0.05) is 31.2 Å². The maximum Gasteiger partial charge on any atom is 0.335 e. The van der Waals surface area contributed by atoms with Crippen LogP contribution in [-0.2, 0) is 9.59 Å². The first-order valence-corrected chi connectivity index (χ1v) is 8.82. The Morgan fingerprint density at radius 2 is 1.79 bits per heavy atom. The van der Waals surface area contributed by atoms with E-state index < -0.39 is 17.8 Å². The van der Waals surface area contributed by atoms with Crippen molar-refractivity contribution in [2.75, 3.05) is 18.6 Å². The Bertz CT molecular complexity index is 937. The quantitative estimate of drug-likeness (QED) is 0.615. The van der Waals surface area contributed by atoms with Crippen molar-refractivity contribution in [2.45, 2.75) is 13.3 Å². The van der Waals surface area contributed by atoms with Crippen molar-refractivity contribution in [1.82, 2.24) is 5.32 Å². The van der Waals surface area contributed by atoms with Gasteiger partial charge in [-0.3, -0.25) is 14.9 Å². The van der Waals surface area contributed by atoms with Gasteiger partial charge in [0.2, 0.25) is 0 Å². The number of imide groups is 2. The fourth-order valence-electron chi connectivity index (χ4n) is 2.74. The number of ether oxygens (including phenoxy) is 2. The van der Waals surface area contributed by atoms with Gasteiger partial charge in [0.25, 0.3) is 11.8 Å². The van der Waals surface area contributed by atoms with Gasteiger partial charge in [0, 0.05) is 0 Å². The second-order valence-electron chi connectivity index (χ2n) is 6.05. The second-order valence-corrected chi connectivity index (χ2v) is 6.05. The number of anilines is 1. The normalized spacial score (nSPS) is 15.6. The molecule has 7 heteroatoms. The Morgan fingerprint density at radius 1 is 1.04 bits per heavy atom. The largest absolute Gasteiger partial charge is 0.493 e. The van der Waals surface area contributed by atoms with Gasteiger partial charge in [0.1, 0.15) is 5.57 Å². The number of methoxy groups -OCH3 is 1. The molecule has 0 atom stereocenters. The Balaban J connectivity index is 1.95. The Hall–Kier alpha value is -3.61. The fourth-order valence-corrected chi connectivity index (χ4v) is 2.74. The van der Waals surface area contributed by atoms with Crippen LogP contribution in [0.4, 0.5) is 10.5 Å². The third-order valence-electron chi connectivity index (χ3n) is 4.08. The number of urea groups is 1. The maximum atomic E-state index is 12.8. The molecule has 144 valence electrons. The highest BCUT2D eigenvalue weighted by Gasteiger charge is 2.36. The molecular weight excluding hydrogens is 360 g/mol. The number of carbonyl (C=O) groups is 3. The zero-order valence-corrected chi connectivity index (χ0v) is 15.6. The summed E-state index contributed by atoms with van der Waals surface area (Å²) in [6, 6.07) is 12.7. The molecule has 1 aliphatic heterocycles. The van der Waals surface area contributed by atoms with Crippen molar-refractivity contribution in [3.8, 4) is 11.5 Å². The Morgan fingerprint density at radius 3 is 2.46 bits per heavy atom. The van der Waals surface area contributed by atoms with Crippen LogP contribution < -0.4 is 19.7 Å². The molecule has 1 heterocycles. The molecule has 2 aromatic rings. The number of hydrogen-bond acceptors (Lipinski definition) is 5. The predicted octanol–water partition coefficient (Wildman–Crippen LogP) is 3.15. The molecular formula is C21H20N2O5.